The highest BCUT2D eigenvalue weighted by Crippen LogP contribution is 2.19. The standard InChI is InChI=1S/C13H25NO5/c1-6-19-12(17)13(2,3)11(16)8-14(4)7-10(15)9-18-5/h10,15H,6-9H2,1-5H3. The molecule has 0 aromatic heterocycles. The zero-order valence-electron chi connectivity index (χ0n) is 12.4. The predicted octanol–water partition coefficient (Wildman–Crippen LogP) is 0.0839. The first-order valence-corrected chi connectivity index (χ1v) is 6.31. The molecule has 1 atom stereocenters. The lowest BCUT2D eigenvalue weighted by molar-refractivity contribution is -0.158. The van der Waals surface area contributed by atoms with Crippen LogP contribution in [0.1, 0.15) is 20.8 Å². The molecule has 0 fully saturated rings. The molecule has 0 aliphatic rings. The minimum absolute atomic E-state index is 0.0760. The number of ketones is 1. The third-order valence-electron chi connectivity index (χ3n) is 2.78. The highest BCUT2D eigenvalue weighted by Gasteiger charge is 2.37. The summed E-state index contributed by atoms with van der Waals surface area (Å²) in [6, 6.07) is 0. The van der Waals surface area contributed by atoms with Gasteiger partial charge in [0.2, 0.25) is 0 Å². The first kappa shape index (κ1) is 18.0. The summed E-state index contributed by atoms with van der Waals surface area (Å²) in [5, 5.41) is 9.56. The van der Waals surface area contributed by atoms with Crippen LogP contribution in [-0.2, 0) is 19.1 Å². The molecule has 0 amide bonds. The van der Waals surface area contributed by atoms with Gasteiger partial charge in [0.15, 0.2) is 5.78 Å². The van der Waals surface area contributed by atoms with Gasteiger partial charge in [-0.25, -0.2) is 0 Å². The lowest BCUT2D eigenvalue weighted by atomic mass is 9.88. The number of ether oxygens (including phenoxy) is 2. The molecule has 1 N–H and O–H groups in total. The summed E-state index contributed by atoms with van der Waals surface area (Å²) >= 11 is 0. The number of methoxy groups -OCH3 is 1. The molecule has 0 aromatic rings. The van der Waals surface area contributed by atoms with Crippen molar-refractivity contribution in [2.45, 2.75) is 26.9 Å². The first-order valence-electron chi connectivity index (χ1n) is 6.31. The van der Waals surface area contributed by atoms with Crippen LogP contribution in [0.15, 0.2) is 0 Å². The molecule has 0 heterocycles. The van der Waals surface area contributed by atoms with E-state index < -0.39 is 17.5 Å². The molecule has 6 nitrogen and oxygen atoms in total. The van der Waals surface area contributed by atoms with Crippen LogP contribution in [0.3, 0.4) is 0 Å². The largest absolute Gasteiger partial charge is 0.465 e. The highest BCUT2D eigenvalue weighted by atomic mass is 16.5. The van der Waals surface area contributed by atoms with Gasteiger partial charge in [0.25, 0.3) is 0 Å². The molecule has 0 aliphatic heterocycles. The Balaban J connectivity index is 4.38. The zero-order valence-corrected chi connectivity index (χ0v) is 12.4. The van der Waals surface area contributed by atoms with Crippen LogP contribution in [0.5, 0.6) is 0 Å². The fourth-order valence-corrected chi connectivity index (χ4v) is 1.54. The van der Waals surface area contributed by atoms with E-state index in [1.165, 1.54) is 7.11 Å². The number of esters is 1. The van der Waals surface area contributed by atoms with E-state index in [4.69, 9.17) is 9.47 Å². The molecule has 1 unspecified atom stereocenters. The van der Waals surface area contributed by atoms with Crippen molar-refractivity contribution in [1.29, 1.82) is 0 Å². The van der Waals surface area contributed by atoms with Crippen molar-refractivity contribution in [2.75, 3.05) is 40.5 Å². The number of carbonyl (C=O) groups is 2. The fraction of sp³-hybridized carbons (Fsp3) is 0.846. The van der Waals surface area contributed by atoms with Gasteiger partial charge in [0, 0.05) is 13.7 Å². The quantitative estimate of drug-likeness (QED) is 0.474. The van der Waals surface area contributed by atoms with E-state index >= 15 is 0 Å². The second-order valence-electron chi connectivity index (χ2n) is 5.07. The predicted molar refractivity (Wildman–Crippen MR) is 70.8 cm³/mol. The zero-order chi connectivity index (χ0) is 15.1. The molecule has 0 aromatic carbocycles. The monoisotopic (exact) mass is 275 g/mol. The van der Waals surface area contributed by atoms with Gasteiger partial charge in [-0.15, -0.1) is 0 Å². The Hall–Kier alpha value is -0.980. The topological polar surface area (TPSA) is 76.1 Å². The smallest absolute Gasteiger partial charge is 0.319 e. The second kappa shape index (κ2) is 8.24. The maximum Gasteiger partial charge on any atom is 0.319 e. The van der Waals surface area contributed by atoms with Crippen LogP contribution in [0.25, 0.3) is 0 Å². The number of aliphatic hydroxyl groups excluding tert-OH is 1. The number of nitrogens with zero attached hydrogens (tertiary/aromatic N) is 1. The molecule has 6 heteroatoms. The average Bonchev–Trinajstić information content (AvgIpc) is 2.28. The number of hydrogen-bond acceptors (Lipinski definition) is 6. The Bertz CT molecular complexity index is 303. The van der Waals surface area contributed by atoms with Gasteiger partial charge in [-0.05, 0) is 27.8 Å². The molecule has 0 bridgehead atoms. The van der Waals surface area contributed by atoms with Crippen molar-refractivity contribution in [2.24, 2.45) is 5.41 Å². The Morgan fingerprint density at radius 3 is 2.42 bits per heavy atom. The highest BCUT2D eigenvalue weighted by molar-refractivity contribution is 6.03. The third-order valence-corrected chi connectivity index (χ3v) is 2.78. The summed E-state index contributed by atoms with van der Waals surface area (Å²) in [7, 11) is 3.20. The van der Waals surface area contributed by atoms with E-state index in [0.29, 0.717) is 6.54 Å². The Kier molecular flexibility index (Phi) is 7.82. The van der Waals surface area contributed by atoms with E-state index in [-0.39, 0.29) is 25.5 Å². The van der Waals surface area contributed by atoms with Crippen LogP contribution in [0.2, 0.25) is 0 Å². The number of carbonyl (C=O) groups excluding carboxylic acids is 2. The lowest BCUT2D eigenvalue weighted by Crippen LogP contribution is -2.43. The number of hydrogen-bond donors (Lipinski definition) is 1. The lowest BCUT2D eigenvalue weighted by Gasteiger charge is -2.25. The summed E-state index contributed by atoms with van der Waals surface area (Å²) in [5.74, 6) is -0.760. The number of Topliss-reactive ketones (excluding diaryl/α,β-unsaturated/α-hetero) is 1. The van der Waals surface area contributed by atoms with Gasteiger partial charge in [-0.3, -0.25) is 14.5 Å². The van der Waals surface area contributed by atoms with E-state index in [1.54, 1.807) is 32.7 Å². The maximum absolute atomic E-state index is 12.1. The molecule has 112 valence electrons. The summed E-state index contributed by atoms with van der Waals surface area (Å²) in [4.78, 5) is 25.4. The number of aliphatic hydroxyl groups is 1. The number of rotatable bonds is 9. The van der Waals surface area contributed by atoms with Gasteiger partial charge in [0.05, 0.1) is 25.9 Å². The second-order valence-corrected chi connectivity index (χ2v) is 5.07. The van der Waals surface area contributed by atoms with Gasteiger partial charge < -0.3 is 14.6 Å². The van der Waals surface area contributed by atoms with Crippen molar-refractivity contribution in [1.82, 2.24) is 4.90 Å². The maximum atomic E-state index is 12.1. The first-order chi connectivity index (χ1) is 8.75. The van der Waals surface area contributed by atoms with Crippen molar-refractivity contribution in [3.05, 3.63) is 0 Å². The molecule has 19 heavy (non-hydrogen) atoms. The molecular formula is C13H25NO5. The molecule has 0 spiro atoms. The summed E-state index contributed by atoms with van der Waals surface area (Å²) in [6.45, 7) is 5.63. The number of likely N-dealkylation sites (N-methyl/N-ethyl adjacent to an activating group) is 1. The van der Waals surface area contributed by atoms with Crippen LogP contribution in [-0.4, -0.2) is 68.3 Å². The fourth-order valence-electron chi connectivity index (χ4n) is 1.54. The van der Waals surface area contributed by atoms with Crippen molar-refractivity contribution in [3.63, 3.8) is 0 Å². The van der Waals surface area contributed by atoms with Gasteiger partial charge in [0.1, 0.15) is 5.41 Å². The van der Waals surface area contributed by atoms with Crippen molar-refractivity contribution < 1.29 is 24.2 Å². The molecular weight excluding hydrogens is 250 g/mol. The van der Waals surface area contributed by atoms with Gasteiger partial charge >= 0.3 is 5.97 Å². The summed E-state index contributed by atoms with van der Waals surface area (Å²) in [6.07, 6.45) is -0.659. The average molecular weight is 275 g/mol. The van der Waals surface area contributed by atoms with Gasteiger partial charge in [-0.2, -0.15) is 0 Å². The van der Waals surface area contributed by atoms with E-state index in [1.807, 2.05) is 0 Å². The van der Waals surface area contributed by atoms with Crippen LogP contribution in [0, 0.1) is 5.41 Å². The Morgan fingerprint density at radius 2 is 1.95 bits per heavy atom. The normalized spacial score (nSPS) is 13.4. The molecule has 0 rings (SSSR count). The van der Waals surface area contributed by atoms with E-state index in [2.05, 4.69) is 0 Å². The Labute approximate surface area is 114 Å². The third kappa shape index (κ3) is 6.13. The van der Waals surface area contributed by atoms with Crippen LogP contribution >= 0.6 is 0 Å². The SMILES string of the molecule is CCOC(=O)C(C)(C)C(=O)CN(C)CC(O)COC. The minimum atomic E-state index is -1.17. The minimum Gasteiger partial charge on any atom is -0.465 e. The van der Waals surface area contributed by atoms with Crippen molar-refractivity contribution in [3.8, 4) is 0 Å². The van der Waals surface area contributed by atoms with Crippen molar-refractivity contribution >= 4 is 11.8 Å². The summed E-state index contributed by atoms with van der Waals surface area (Å²) in [5.41, 5.74) is -1.17. The van der Waals surface area contributed by atoms with E-state index in [9.17, 15) is 14.7 Å². The molecule has 0 aliphatic carbocycles. The summed E-state index contributed by atoms with van der Waals surface area (Å²) < 4.78 is 9.69. The molecule has 0 saturated carbocycles. The van der Waals surface area contributed by atoms with Crippen LogP contribution in [0.4, 0.5) is 0 Å². The van der Waals surface area contributed by atoms with E-state index in [0.717, 1.165) is 0 Å². The molecule has 0 saturated heterocycles. The van der Waals surface area contributed by atoms with Gasteiger partial charge in [-0.1, -0.05) is 0 Å². The molecule has 0 radical (unpaired) electrons. The van der Waals surface area contributed by atoms with Crippen LogP contribution < -0.4 is 0 Å². The Morgan fingerprint density at radius 1 is 1.37 bits per heavy atom.